The minimum Gasteiger partial charge on any atom is -0.454 e. The van der Waals surface area contributed by atoms with Gasteiger partial charge in [-0.05, 0) is 17.7 Å². The first-order chi connectivity index (χ1) is 14.2. The summed E-state index contributed by atoms with van der Waals surface area (Å²) >= 11 is 0. The third-order valence-corrected chi connectivity index (χ3v) is 5.83. The summed E-state index contributed by atoms with van der Waals surface area (Å²) in [6, 6.07) is 15.2. The van der Waals surface area contributed by atoms with Crippen LogP contribution in [0, 0.1) is 0 Å². The van der Waals surface area contributed by atoms with E-state index in [2.05, 4.69) is 34.1 Å². The lowest BCUT2D eigenvalue weighted by Crippen LogP contribution is -2.52. The molecule has 150 valence electrons. The molecule has 3 heterocycles. The topological polar surface area (TPSA) is 62.3 Å². The Labute approximate surface area is 169 Å². The molecule has 2 amide bonds. The van der Waals surface area contributed by atoms with Crippen molar-refractivity contribution in [3.63, 3.8) is 0 Å². The number of nitrogens with zero attached hydrogens (tertiary/aromatic N) is 3. The van der Waals surface area contributed by atoms with E-state index in [9.17, 15) is 9.59 Å². The Morgan fingerprint density at radius 1 is 0.897 bits per heavy atom. The van der Waals surface area contributed by atoms with Crippen LogP contribution in [0.3, 0.4) is 0 Å². The molecule has 0 bridgehead atoms. The number of ether oxygens (including phenoxy) is 2. The van der Waals surface area contributed by atoms with Crippen molar-refractivity contribution >= 4 is 17.5 Å². The van der Waals surface area contributed by atoms with Gasteiger partial charge >= 0.3 is 0 Å². The van der Waals surface area contributed by atoms with Crippen molar-refractivity contribution in [3.8, 4) is 11.5 Å². The molecule has 7 heteroatoms. The summed E-state index contributed by atoms with van der Waals surface area (Å²) in [5.74, 6) is 0.899. The third kappa shape index (κ3) is 3.47. The van der Waals surface area contributed by atoms with Gasteiger partial charge < -0.3 is 9.47 Å². The predicted molar refractivity (Wildman–Crippen MR) is 107 cm³/mol. The summed E-state index contributed by atoms with van der Waals surface area (Å²) in [6.45, 7) is 4.41. The Hall–Kier alpha value is -2.90. The molecule has 29 heavy (non-hydrogen) atoms. The highest BCUT2D eigenvalue weighted by atomic mass is 16.7. The number of piperazine rings is 1. The minimum atomic E-state index is -0.383. The summed E-state index contributed by atoms with van der Waals surface area (Å²) in [7, 11) is 0. The number of hydrogen-bond donors (Lipinski definition) is 0. The lowest BCUT2D eigenvalue weighted by molar-refractivity contribution is -0.123. The molecule has 1 atom stereocenters. The van der Waals surface area contributed by atoms with Crippen LogP contribution in [0.5, 0.6) is 11.5 Å². The molecule has 0 unspecified atom stereocenters. The first-order valence-corrected chi connectivity index (χ1v) is 9.96. The van der Waals surface area contributed by atoms with Gasteiger partial charge in [-0.25, -0.2) is 4.90 Å². The Kier molecular flexibility index (Phi) is 4.69. The molecule has 3 aliphatic rings. The van der Waals surface area contributed by atoms with E-state index in [4.69, 9.17) is 9.47 Å². The Morgan fingerprint density at radius 3 is 2.45 bits per heavy atom. The lowest BCUT2D eigenvalue weighted by Gasteiger charge is -2.37. The molecular weight excluding hydrogens is 370 g/mol. The minimum absolute atomic E-state index is 0.148. The average molecular weight is 393 g/mol. The Bertz CT molecular complexity index is 925. The third-order valence-electron chi connectivity index (χ3n) is 5.83. The summed E-state index contributed by atoms with van der Waals surface area (Å²) in [4.78, 5) is 31.5. The second kappa shape index (κ2) is 7.50. The van der Waals surface area contributed by atoms with Gasteiger partial charge in [0.05, 0.1) is 18.2 Å². The SMILES string of the molecule is O=C1C[C@H](N2CCN(Cc3ccccc3)CC2)C(=O)N1c1ccc2c(c1)OCO2. The zero-order valence-corrected chi connectivity index (χ0v) is 16.1. The monoisotopic (exact) mass is 393 g/mol. The first-order valence-electron chi connectivity index (χ1n) is 9.96. The molecule has 3 aliphatic heterocycles. The van der Waals surface area contributed by atoms with Gasteiger partial charge in [0.15, 0.2) is 11.5 Å². The number of rotatable bonds is 4. The Balaban J connectivity index is 1.24. The van der Waals surface area contributed by atoms with Gasteiger partial charge in [-0.15, -0.1) is 0 Å². The number of hydrogen-bond acceptors (Lipinski definition) is 6. The summed E-state index contributed by atoms with van der Waals surface area (Å²) in [6.07, 6.45) is 0.228. The molecule has 0 radical (unpaired) electrons. The van der Waals surface area contributed by atoms with Crippen molar-refractivity contribution in [3.05, 3.63) is 54.1 Å². The number of carbonyl (C=O) groups is 2. The van der Waals surface area contributed by atoms with Crippen molar-refractivity contribution < 1.29 is 19.1 Å². The fraction of sp³-hybridized carbons (Fsp3) is 0.364. The molecule has 0 N–H and O–H groups in total. The van der Waals surface area contributed by atoms with Crippen molar-refractivity contribution in [2.24, 2.45) is 0 Å². The zero-order valence-electron chi connectivity index (χ0n) is 16.1. The van der Waals surface area contributed by atoms with Crippen LogP contribution in [-0.4, -0.2) is 60.6 Å². The number of anilines is 1. The van der Waals surface area contributed by atoms with Crippen LogP contribution in [-0.2, 0) is 16.1 Å². The van der Waals surface area contributed by atoms with Crippen LogP contribution in [0.15, 0.2) is 48.5 Å². The van der Waals surface area contributed by atoms with Gasteiger partial charge in [-0.2, -0.15) is 0 Å². The number of benzene rings is 2. The number of carbonyl (C=O) groups excluding carboxylic acids is 2. The molecule has 0 saturated carbocycles. The molecule has 0 aromatic heterocycles. The van der Waals surface area contributed by atoms with E-state index >= 15 is 0 Å². The molecular formula is C22H23N3O4. The normalized spacial score (nSPS) is 22.5. The fourth-order valence-electron chi connectivity index (χ4n) is 4.27. The average Bonchev–Trinajstić information content (AvgIpc) is 3.32. The predicted octanol–water partition coefficient (Wildman–Crippen LogP) is 1.86. The highest BCUT2D eigenvalue weighted by Gasteiger charge is 2.43. The first kappa shape index (κ1) is 18.1. The van der Waals surface area contributed by atoms with Crippen LogP contribution in [0.1, 0.15) is 12.0 Å². The van der Waals surface area contributed by atoms with Crippen LogP contribution in [0.2, 0.25) is 0 Å². The maximum absolute atomic E-state index is 13.1. The molecule has 5 rings (SSSR count). The summed E-state index contributed by atoms with van der Waals surface area (Å²) < 4.78 is 10.7. The summed E-state index contributed by atoms with van der Waals surface area (Å²) in [5.41, 5.74) is 1.84. The smallest absolute Gasteiger partial charge is 0.251 e. The van der Waals surface area contributed by atoms with Gasteiger partial charge in [0, 0.05) is 38.8 Å². The van der Waals surface area contributed by atoms with Crippen molar-refractivity contribution in [2.75, 3.05) is 37.9 Å². The number of amides is 2. The van der Waals surface area contributed by atoms with Crippen LogP contribution in [0.4, 0.5) is 5.69 Å². The van der Waals surface area contributed by atoms with Crippen LogP contribution in [0.25, 0.3) is 0 Å². The maximum atomic E-state index is 13.1. The van der Waals surface area contributed by atoms with E-state index in [0.29, 0.717) is 17.2 Å². The largest absolute Gasteiger partial charge is 0.454 e. The number of imide groups is 1. The molecule has 0 aliphatic carbocycles. The Morgan fingerprint density at radius 2 is 1.66 bits per heavy atom. The van der Waals surface area contributed by atoms with Gasteiger partial charge in [-0.1, -0.05) is 30.3 Å². The summed E-state index contributed by atoms with van der Waals surface area (Å²) in [5, 5.41) is 0. The van der Waals surface area contributed by atoms with E-state index < -0.39 is 0 Å². The fourth-order valence-corrected chi connectivity index (χ4v) is 4.27. The van der Waals surface area contributed by atoms with Gasteiger partial charge in [0.1, 0.15) is 0 Å². The second-order valence-electron chi connectivity index (χ2n) is 7.62. The molecule has 7 nitrogen and oxygen atoms in total. The standard InChI is InChI=1S/C22H23N3O4/c26-21-13-18(22(27)25(21)17-6-7-19-20(12-17)29-15-28-19)24-10-8-23(9-11-24)14-16-4-2-1-3-5-16/h1-7,12,18H,8-11,13-15H2/t18-/m0/s1. The van der Waals surface area contributed by atoms with E-state index in [-0.39, 0.29) is 31.1 Å². The van der Waals surface area contributed by atoms with Crippen LogP contribution >= 0.6 is 0 Å². The molecule has 2 fully saturated rings. The lowest BCUT2D eigenvalue weighted by atomic mass is 10.1. The molecule has 0 spiro atoms. The van der Waals surface area contributed by atoms with E-state index in [0.717, 1.165) is 32.7 Å². The van der Waals surface area contributed by atoms with Crippen molar-refractivity contribution in [2.45, 2.75) is 19.0 Å². The maximum Gasteiger partial charge on any atom is 0.251 e. The molecule has 2 aromatic carbocycles. The van der Waals surface area contributed by atoms with E-state index in [1.807, 2.05) is 6.07 Å². The van der Waals surface area contributed by atoms with Crippen molar-refractivity contribution in [1.82, 2.24) is 9.80 Å². The molecule has 2 aromatic rings. The highest BCUT2D eigenvalue weighted by Crippen LogP contribution is 2.37. The molecule has 2 saturated heterocycles. The van der Waals surface area contributed by atoms with Crippen LogP contribution < -0.4 is 14.4 Å². The van der Waals surface area contributed by atoms with Gasteiger partial charge in [0.25, 0.3) is 5.91 Å². The van der Waals surface area contributed by atoms with E-state index in [1.54, 1.807) is 18.2 Å². The quantitative estimate of drug-likeness (QED) is 0.739. The van der Waals surface area contributed by atoms with Crippen molar-refractivity contribution in [1.29, 1.82) is 0 Å². The van der Waals surface area contributed by atoms with Gasteiger partial charge in [0.2, 0.25) is 12.7 Å². The zero-order chi connectivity index (χ0) is 19.8. The highest BCUT2D eigenvalue weighted by molar-refractivity contribution is 6.22. The van der Waals surface area contributed by atoms with Gasteiger partial charge in [-0.3, -0.25) is 19.4 Å². The van der Waals surface area contributed by atoms with E-state index in [1.165, 1.54) is 10.5 Å². The number of fused-ring (bicyclic) bond motifs is 1. The second-order valence-corrected chi connectivity index (χ2v) is 7.62.